The van der Waals surface area contributed by atoms with Crippen LogP contribution in [0.5, 0.6) is 0 Å². The Balaban J connectivity index is 0.00000182. The van der Waals surface area contributed by atoms with Crippen LogP contribution in [0.1, 0.15) is 39.0 Å². The second kappa shape index (κ2) is 7.58. The van der Waals surface area contributed by atoms with Crippen LogP contribution in [-0.2, 0) is 9.53 Å². The third-order valence-corrected chi connectivity index (χ3v) is 6.81. The van der Waals surface area contributed by atoms with Crippen LogP contribution in [0.25, 0.3) is 0 Å². The number of aliphatic imine (C=N–C) groups is 1. The fourth-order valence-corrected chi connectivity index (χ4v) is 5.57. The van der Waals surface area contributed by atoms with E-state index in [0.717, 1.165) is 38.7 Å². The van der Waals surface area contributed by atoms with Gasteiger partial charge in [0.15, 0.2) is 5.96 Å². The fourth-order valence-electron chi connectivity index (χ4n) is 5.57. The van der Waals surface area contributed by atoms with Gasteiger partial charge in [-0.05, 0) is 19.3 Å². The van der Waals surface area contributed by atoms with Crippen molar-refractivity contribution in [3.05, 3.63) is 0 Å². The molecule has 1 spiro atoms. The maximum atomic E-state index is 11.5. The zero-order valence-corrected chi connectivity index (χ0v) is 17.7. The van der Waals surface area contributed by atoms with Crippen LogP contribution >= 0.6 is 24.0 Å². The first-order valence-corrected chi connectivity index (χ1v) is 9.51. The summed E-state index contributed by atoms with van der Waals surface area (Å²) in [4.78, 5) is 20.3. The van der Waals surface area contributed by atoms with Gasteiger partial charge in [0.2, 0.25) is 5.91 Å². The summed E-state index contributed by atoms with van der Waals surface area (Å²) in [6, 6.07) is 0.511. The number of hydrogen-bond donors (Lipinski definition) is 1. The van der Waals surface area contributed by atoms with Crippen molar-refractivity contribution < 1.29 is 9.53 Å². The fraction of sp³-hybridized carbons (Fsp3) is 0.889. The van der Waals surface area contributed by atoms with Gasteiger partial charge in [-0.3, -0.25) is 9.79 Å². The van der Waals surface area contributed by atoms with Crippen LogP contribution in [0.15, 0.2) is 4.99 Å². The molecular weight excluding hydrogens is 431 g/mol. The lowest BCUT2D eigenvalue weighted by atomic mass is 9.54. The van der Waals surface area contributed by atoms with Crippen LogP contribution < -0.4 is 5.32 Å². The zero-order valence-electron chi connectivity index (χ0n) is 15.4. The number of hydrogen-bond acceptors (Lipinski definition) is 3. The first-order chi connectivity index (χ1) is 11.7. The lowest BCUT2D eigenvalue weighted by Crippen LogP contribution is -2.70. The monoisotopic (exact) mass is 462 g/mol. The van der Waals surface area contributed by atoms with Crippen LogP contribution in [0, 0.1) is 11.3 Å². The zero-order chi connectivity index (χ0) is 16.7. The average molecular weight is 462 g/mol. The number of nitrogens with zero attached hydrogens (tertiary/aromatic N) is 3. The van der Waals surface area contributed by atoms with Crippen molar-refractivity contribution in [2.45, 2.75) is 51.2 Å². The number of halogens is 1. The number of rotatable bonds is 1. The van der Waals surface area contributed by atoms with Crippen LogP contribution in [0.4, 0.5) is 0 Å². The minimum atomic E-state index is 0. The van der Waals surface area contributed by atoms with Gasteiger partial charge in [0.25, 0.3) is 0 Å². The van der Waals surface area contributed by atoms with Crippen molar-refractivity contribution >= 4 is 35.8 Å². The van der Waals surface area contributed by atoms with Crippen LogP contribution in [0.2, 0.25) is 0 Å². The molecule has 0 radical (unpaired) electrons. The number of carbonyl (C=O) groups excluding carboxylic acids is 1. The SMILES string of the molecule is CN=C(NC1C2CCOC2C12CCCC2)N1CCN(C(C)=O)CC1.I. The van der Waals surface area contributed by atoms with Gasteiger partial charge < -0.3 is 19.9 Å². The maximum Gasteiger partial charge on any atom is 0.219 e. The molecule has 2 saturated heterocycles. The summed E-state index contributed by atoms with van der Waals surface area (Å²) < 4.78 is 6.08. The maximum absolute atomic E-state index is 11.5. The summed E-state index contributed by atoms with van der Waals surface area (Å²) >= 11 is 0. The predicted octanol–water partition coefficient (Wildman–Crippen LogP) is 1.69. The Kier molecular flexibility index (Phi) is 5.82. The Morgan fingerprint density at radius 2 is 1.80 bits per heavy atom. The number of piperazine rings is 1. The van der Waals surface area contributed by atoms with Gasteiger partial charge in [-0.1, -0.05) is 12.8 Å². The molecule has 4 aliphatic rings. The Labute approximate surface area is 167 Å². The van der Waals surface area contributed by atoms with Gasteiger partial charge in [0.1, 0.15) is 0 Å². The highest BCUT2D eigenvalue weighted by molar-refractivity contribution is 14.0. The van der Waals surface area contributed by atoms with E-state index < -0.39 is 0 Å². The van der Waals surface area contributed by atoms with Crippen molar-refractivity contribution in [2.75, 3.05) is 39.8 Å². The molecule has 25 heavy (non-hydrogen) atoms. The minimum Gasteiger partial charge on any atom is -0.377 e. The molecule has 0 bridgehead atoms. The minimum absolute atomic E-state index is 0. The normalized spacial score (nSPS) is 33.7. The van der Waals surface area contributed by atoms with Gasteiger partial charge in [-0.15, -0.1) is 24.0 Å². The van der Waals surface area contributed by atoms with Gasteiger partial charge >= 0.3 is 0 Å². The summed E-state index contributed by atoms with van der Waals surface area (Å²) in [5.74, 6) is 1.84. The molecule has 0 aromatic carbocycles. The predicted molar refractivity (Wildman–Crippen MR) is 108 cm³/mol. The van der Waals surface area contributed by atoms with Crippen molar-refractivity contribution in [1.29, 1.82) is 0 Å². The molecule has 6 nitrogen and oxygen atoms in total. The smallest absolute Gasteiger partial charge is 0.219 e. The molecular formula is C18H31IN4O2. The third-order valence-electron chi connectivity index (χ3n) is 6.81. The molecule has 7 heteroatoms. The number of guanidine groups is 1. The van der Waals surface area contributed by atoms with E-state index in [1.54, 1.807) is 6.92 Å². The summed E-state index contributed by atoms with van der Waals surface area (Å²) in [6.07, 6.45) is 6.91. The van der Waals surface area contributed by atoms with E-state index >= 15 is 0 Å². The molecule has 1 amide bonds. The Morgan fingerprint density at radius 3 is 2.40 bits per heavy atom. The van der Waals surface area contributed by atoms with Crippen molar-refractivity contribution in [2.24, 2.45) is 16.3 Å². The molecule has 4 fully saturated rings. The lowest BCUT2D eigenvalue weighted by molar-refractivity contribution is -0.130. The molecule has 3 atom stereocenters. The van der Waals surface area contributed by atoms with Gasteiger partial charge in [-0.2, -0.15) is 0 Å². The first-order valence-electron chi connectivity index (χ1n) is 9.51. The molecule has 0 aromatic rings. The average Bonchev–Trinajstić information content (AvgIpc) is 3.24. The summed E-state index contributed by atoms with van der Waals surface area (Å²) in [5.41, 5.74) is 0.346. The summed E-state index contributed by atoms with van der Waals surface area (Å²) in [6.45, 7) is 5.89. The van der Waals surface area contributed by atoms with Crippen molar-refractivity contribution in [1.82, 2.24) is 15.1 Å². The topological polar surface area (TPSA) is 57.2 Å². The van der Waals surface area contributed by atoms with E-state index in [-0.39, 0.29) is 29.9 Å². The van der Waals surface area contributed by atoms with E-state index in [1.165, 1.54) is 32.1 Å². The van der Waals surface area contributed by atoms with Crippen molar-refractivity contribution in [3.63, 3.8) is 0 Å². The Morgan fingerprint density at radius 1 is 1.16 bits per heavy atom. The van der Waals surface area contributed by atoms with E-state index in [2.05, 4.69) is 15.2 Å². The van der Waals surface area contributed by atoms with Gasteiger partial charge in [0.05, 0.1) is 6.10 Å². The van der Waals surface area contributed by atoms with Crippen molar-refractivity contribution in [3.8, 4) is 0 Å². The number of ether oxygens (including phenoxy) is 1. The van der Waals surface area contributed by atoms with Gasteiger partial charge in [0, 0.05) is 64.1 Å². The van der Waals surface area contributed by atoms with Crippen LogP contribution in [-0.4, -0.2) is 73.6 Å². The quantitative estimate of drug-likeness (QED) is 0.366. The number of carbonyl (C=O) groups is 1. The molecule has 0 aromatic heterocycles. The second-order valence-electron chi connectivity index (χ2n) is 7.85. The molecule has 2 aliphatic carbocycles. The van der Waals surface area contributed by atoms with Gasteiger partial charge in [-0.25, -0.2) is 0 Å². The third kappa shape index (κ3) is 3.15. The first kappa shape index (κ1) is 19.2. The van der Waals surface area contributed by atoms with E-state index in [9.17, 15) is 4.79 Å². The molecule has 142 valence electrons. The molecule has 3 unspecified atom stereocenters. The second-order valence-corrected chi connectivity index (χ2v) is 7.85. The molecule has 1 N–H and O–H groups in total. The molecule has 4 rings (SSSR count). The number of nitrogens with one attached hydrogen (secondary N) is 1. The highest BCUT2D eigenvalue weighted by Crippen LogP contribution is 2.60. The Hall–Kier alpha value is -0.570. The molecule has 2 aliphatic heterocycles. The van der Waals surface area contributed by atoms with E-state index in [4.69, 9.17) is 4.74 Å². The highest BCUT2D eigenvalue weighted by Gasteiger charge is 2.65. The largest absolute Gasteiger partial charge is 0.377 e. The van der Waals surface area contributed by atoms with E-state index in [1.807, 2.05) is 11.9 Å². The molecule has 2 heterocycles. The van der Waals surface area contributed by atoms with Crippen LogP contribution in [0.3, 0.4) is 0 Å². The highest BCUT2D eigenvalue weighted by atomic mass is 127. The Bertz CT molecular complexity index is 527. The standard InChI is InChI=1S/C18H30N4O2.HI/c1-13(23)21-8-10-22(11-9-21)17(19-2)20-15-14-5-12-24-16(14)18(15)6-3-4-7-18;/h14-16H,3-12H2,1-2H3,(H,19,20);1H. The van der Waals surface area contributed by atoms with E-state index in [0.29, 0.717) is 23.5 Å². The lowest BCUT2D eigenvalue weighted by Gasteiger charge is -2.57. The summed E-state index contributed by atoms with van der Waals surface area (Å²) in [5, 5.41) is 3.81. The number of amides is 1. The molecule has 2 saturated carbocycles. The number of fused-ring (bicyclic) bond motifs is 2. The summed E-state index contributed by atoms with van der Waals surface area (Å²) in [7, 11) is 1.88.